The first-order valence-corrected chi connectivity index (χ1v) is 3.72. The molecule has 60 valence electrons. The van der Waals surface area contributed by atoms with Gasteiger partial charge in [-0.2, -0.15) is 5.26 Å². The molecule has 0 aliphatic rings. The van der Waals surface area contributed by atoms with Crippen LogP contribution in [0.1, 0.15) is 27.2 Å². The van der Waals surface area contributed by atoms with Gasteiger partial charge in [-0.3, -0.25) is 0 Å². The Kier molecular flexibility index (Phi) is 3.60. The first-order chi connectivity index (χ1) is 5.04. The van der Waals surface area contributed by atoms with Crippen LogP contribution in [0.4, 0.5) is 0 Å². The minimum atomic E-state index is -0.361. The van der Waals surface area contributed by atoms with Gasteiger partial charge in [-0.25, -0.2) is 0 Å². The van der Waals surface area contributed by atoms with Crippen LogP contribution in [0.3, 0.4) is 0 Å². The van der Waals surface area contributed by atoms with E-state index in [1.807, 2.05) is 26.8 Å². The molecule has 0 aliphatic carbocycles. The second-order valence-corrected chi connectivity index (χ2v) is 3.24. The zero-order chi connectivity index (χ0) is 8.91. The van der Waals surface area contributed by atoms with E-state index in [2.05, 4.69) is 12.6 Å². The molecule has 0 saturated heterocycles. The third-order valence-electron chi connectivity index (χ3n) is 1.43. The zero-order valence-electron chi connectivity index (χ0n) is 7.52. The first-order valence-electron chi connectivity index (χ1n) is 3.72. The molecule has 0 saturated carbocycles. The maximum absolute atomic E-state index is 8.82. The fraction of sp³-hybridized carbons (Fsp3) is 0.500. The third-order valence-corrected chi connectivity index (χ3v) is 1.43. The van der Waals surface area contributed by atoms with Crippen LogP contribution in [-0.2, 0) is 0 Å². The van der Waals surface area contributed by atoms with Crippen LogP contribution in [-0.4, -0.2) is 0 Å². The molecule has 0 aromatic heterocycles. The summed E-state index contributed by atoms with van der Waals surface area (Å²) in [5, 5.41) is 8.82. The normalized spacial score (nSPS) is 14.4. The Balaban J connectivity index is 4.50. The number of hydrogen-bond acceptors (Lipinski definition) is 1. The van der Waals surface area contributed by atoms with Crippen molar-refractivity contribution in [3.63, 3.8) is 0 Å². The standard InChI is InChI=1S/C10H15N/c1-5-6-10(4,8-11)7-9(2)3/h5,7H,1,6H2,2-4H3. The van der Waals surface area contributed by atoms with E-state index >= 15 is 0 Å². The summed E-state index contributed by atoms with van der Waals surface area (Å²) in [6.45, 7) is 9.54. The summed E-state index contributed by atoms with van der Waals surface area (Å²) in [6, 6.07) is 2.26. The number of nitrogens with zero attached hydrogens (tertiary/aromatic N) is 1. The maximum atomic E-state index is 8.82. The monoisotopic (exact) mass is 149 g/mol. The van der Waals surface area contributed by atoms with E-state index in [1.165, 1.54) is 5.57 Å². The summed E-state index contributed by atoms with van der Waals surface area (Å²) in [5.41, 5.74) is 0.816. The molecule has 1 unspecified atom stereocenters. The predicted octanol–water partition coefficient (Wildman–Crippen LogP) is 3.06. The summed E-state index contributed by atoms with van der Waals surface area (Å²) < 4.78 is 0. The highest BCUT2D eigenvalue weighted by Gasteiger charge is 2.17. The van der Waals surface area contributed by atoms with Gasteiger partial charge in [0.05, 0.1) is 11.5 Å². The first kappa shape index (κ1) is 9.97. The molecular weight excluding hydrogens is 134 g/mol. The lowest BCUT2D eigenvalue weighted by atomic mass is 9.87. The SMILES string of the molecule is C=CCC(C)(C#N)C=C(C)C. The Labute approximate surface area is 69.0 Å². The molecular formula is C10H15N. The van der Waals surface area contributed by atoms with Crippen LogP contribution in [0.5, 0.6) is 0 Å². The van der Waals surface area contributed by atoms with Crippen molar-refractivity contribution in [1.29, 1.82) is 5.26 Å². The van der Waals surface area contributed by atoms with E-state index < -0.39 is 0 Å². The van der Waals surface area contributed by atoms with Gasteiger partial charge in [0.1, 0.15) is 0 Å². The molecule has 1 atom stereocenters. The van der Waals surface area contributed by atoms with Crippen molar-refractivity contribution in [1.82, 2.24) is 0 Å². The highest BCUT2D eigenvalue weighted by molar-refractivity contribution is 5.15. The molecule has 0 aromatic rings. The molecule has 0 N–H and O–H groups in total. The number of nitriles is 1. The van der Waals surface area contributed by atoms with E-state index in [9.17, 15) is 0 Å². The predicted molar refractivity (Wildman–Crippen MR) is 48.0 cm³/mol. The second-order valence-electron chi connectivity index (χ2n) is 3.24. The van der Waals surface area contributed by atoms with Gasteiger partial charge in [0.25, 0.3) is 0 Å². The Morgan fingerprint density at radius 2 is 2.18 bits per heavy atom. The quantitative estimate of drug-likeness (QED) is 0.566. The molecule has 0 radical (unpaired) electrons. The summed E-state index contributed by atoms with van der Waals surface area (Å²) >= 11 is 0. The van der Waals surface area contributed by atoms with Crippen LogP contribution in [0.25, 0.3) is 0 Å². The summed E-state index contributed by atoms with van der Waals surface area (Å²) in [6.07, 6.45) is 4.48. The lowest BCUT2D eigenvalue weighted by Gasteiger charge is -2.14. The summed E-state index contributed by atoms with van der Waals surface area (Å²) in [4.78, 5) is 0. The fourth-order valence-electron chi connectivity index (χ4n) is 1.07. The molecule has 11 heavy (non-hydrogen) atoms. The minimum absolute atomic E-state index is 0.361. The lowest BCUT2D eigenvalue weighted by molar-refractivity contribution is 0.574. The van der Waals surface area contributed by atoms with Crippen molar-refractivity contribution >= 4 is 0 Å². The molecule has 0 spiro atoms. The van der Waals surface area contributed by atoms with Gasteiger partial charge in [-0.15, -0.1) is 6.58 Å². The van der Waals surface area contributed by atoms with Gasteiger partial charge >= 0.3 is 0 Å². The fourth-order valence-corrected chi connectivity index (χ4v) is 1.07. The van der Waals surface area contributed by atoms with E-state index in [1.54, 1.807) is 6.08 Å². The summed E-state index contributed by atoms with van der Waals surface area (Å²) in [7, 11) is 0. The highest BCUT2D eigenvalue weighted by atomic mass is 14.3. The average molecular weight is 149 g/mol. The van der Waals surface area contributed by atoms with E-state index in [0.717, 1.165) is 0 Å². The molecule has 0 heterocycles. The van der Waals surface area contributed by atoms with E-state index in [0.29, 0.717) is 6.42 Å². The number of allylic oxidation sites excluding steroid dienone is 3. The molecule has 0 fully saturated rings. The average Bonchev–Trinajstić information content (AvgIpc) is 1.87. The minimum Gasteiger partial charge on any atom is -0.197 e. The van der Waals surface area contributed by atoms with E-state index in [-0.39, 0.29) is 5.41 Å². The Morgan fingerprint density at radius 3 is 2.45 bits per heavy atom. The molecule has 1 nitrogen and oxygen atoms in total. The summed E-state index contributed by atoms with van der Waals surface area (Å²) in [5.74, 6) is 0. The van der Waals surface area contributed by atoms with E-state index in [4.69, 9.17) is 5.26 Å². The Bertz CT molecular complexity index is 203. The largest absolute Gasteiger partial charge is 0.197 e. The van der Waals surface area contributed by atoms with Gasteiger partial charge in [0, 0.05) is 0 Å². The molecule has 0 aliphatic heterocycles. The molecule has 0 aromatic carbocycles. The smallest absolute Gasteiger partial charge is 0.0762 e. The molecule has 0 amide bonds. The van der Waals surface area contributed by atoms with Gasteiger partial charge in [-0.1, -0.05) is 17.7 Å². The maximum Gasteiger partial charge on any atom is 0.0762 e. The van der Waals surface area contributed by atoms with Gasteiger partial charge < -0.3 is 0 Å². The zero-order valence-corrected chi connectivity index (χ0v) is 7.52. The number of hydrogen-bond donors (Lipinski definition) is 0. The van der Waals surface area contributed by atoms with Crippen LogP contribution in [0.15, 0.2) is 24.3 Å². The second kappa shape index (κ2) is 3.98. The van der Waals surface area contributed by atoms with Gasteiger partial charge in [0.2, 0.25) is 0 Å². The highest BCUT2D eigenvalue weighted by Crippen LogP contribution is 2.23. The Hall–Kier alpha value is -1.03. The van der Waals surface area contributed by atoms with Crippen molar-refractivity contribution in [2.45, 2.75) is 27.2 Å². The van der Waals surface area contributed by atoms with Crippen molar-refractivity contribution in [2.75, 3.05) is 0 Å². The number of rotatable bonds is 3. The third kappa shape index (κ3) is 3.62. The molecule has 1 heteroatoms. The van der Waals surface area contributed by atoms with Crippen LogP contribution in [0, 0.1) is 16.7 Å². The molecule has 0 rings (SSSR count). The van der Waals surface area contributed by atoms with Gasteiger partial charge in [0.15, 0.2) is 0 Å². The topological polar surface area (TPSA) is 23.8 Å². The van der Waals surface area contributed by atoms with Crippen molar-refractivity contribution in [2.24, 2.45) is 5.41 Å². The van der Waals surface area contributed by atoms with Crippen LogP contribution in [0.2, 0.25) is 0 Å². The lowest BCUT2D eigenvalue weighted by Crippen LogP contribution is -2.08. The van der Waals surface area contributed by atoms with Crippen LogP contribution < -0.4 is 0 Å². The molecule has 0 bridgehead atoms. The van der Waals surface area contributed by atoms with Gasteiger partial charge in [-0.05, 0) is 27.2 Å². The van der Waals surface area contributed by atoms with Crippen molar-refractivity contribution < 1.29 is 0 Å². The van der Waals surface area contributed by atoms with Crippen LogP contribution >= 0.6 is 0 Å². The van der Waals surface area contributed by atoms with Crippen molar-refractivity contribution in [3.05, 3.63) is 24.3 Å². The van der Waals surface area contributed by atoms with Crippen molar-refractivity contribution in [3.8, 4) is 6.07 Å². The Morgan fingerprint density at radius 1 is 1.64 bits per heavy atom.